The molecule has 0 saturated heterocycles. The van der Waals surface area contributed by atoms with E-state index in [-0.39, 0.29) is 23.8 Å². The van der Waals surface area contributed by atoms with Crippen LogP contribution in [-0.2, 0) is 4.79 Å². The standard InChI is InChI=1S/C15H23FN2O/c1-10(2)9-17-15(19)12(4)18-11(3)13-6-5-7-14(16)8-13/h5-8,10-12,18H,9H2,1-4H3,(H,17,19). The van der Waals surface area contributed by atoms with Crippen LogP contribution in [0.25, 0.3) is 0 Å². The number of halogens is 1. The van der Waals surface area contributed by atoms with Gasteiger partial charge in [0.05, 0.1) is 6.04 Å². The molecule has 0 aromatic heterocycles. The minimum atomic E-state index is -0.308. The average Bonchev–Trinajstić information content (AvgIpc) is 2.35. The third-order valence-electron chi connectivity index (χ3n) is 2.93. The molecule has 0 saturated carbocycles. The first kappa shape index (κ1) is 15.6. The fraction of sp³-hybridized carbons (Fsp3) is 0.533. The molecule has 2 unspecified atom stereocenters. The van der Waals surface area contributed by atoms with Crippen molar-refractivity contribution < 1.29 is 9.18 Å². The molecule has 0 aliphatic heterocycles. The Morgan fingerprint density at radius 2 is 1.95 bits per heavy atom. The predicted octanol–water partition coefficient (Wildman–Crippen LogP) is 2.64. The number of hydrogen-bond donors (Lipinski definition) is 2. The monoisotopic (exact) mass is 266 g/mol. The lowest BCUT2D eigenvalue weighted by atomic mass is 10.1. The van der Waals surface area contributed by atoms with E-state index < -0.39 is 0 Å². The van der Waals surface area contributed by atoms with Crippen molar-refractivity contribution >= 4 is 5.91 Å². The van der Waals surface area contributed by atoms with Gasteiger partial charge < -0.3 is 5.32 Å². The van der Waals surface area contributed by atoms with E-state index in [1.54, 1.807) is 6.07 Å². The summed E-state index contributed by atoms with van der Waals surface area (Å²) >= 11 is 0. The van der Waals surface area contributed by atoms with Gasteiger partial charge in [0, 0.05) is 12.6 Å². The summed E-state index contributed by atoms with van der Waals surface area (Å²) in [6.45, 7) is 8.49. The lowest BCUT2D eigenvalue weighted by Gasteiger charge is -2.20. The Hall–Kier alpha value is -1.42. The van der Waals surface area contributed by atoms with Gasteiger partial charge in [-0.3, -0.25) is 10.1 Å². The summed E-state index contributed by atoms with van der Waals surface area (Å²) in [5.74, 6) is 0.136. The highest BCUT2D eigenvalue weighted by atomic mass is 19.1. The van der Waals surface area contributed by atoms with Gasteiger partial charge in [-0.05, 0) is 37.5 Å². The summed E-state index contributed by atoms with van der Waals surface area (Å²) in [7, 11) is 0. The zero-order chi connectivity index (χ0) is 14.4. The fourth-order valence-corrected chi connectivity index (χ4v) is 1.78. The summed E-state index contributed by atoms with van der Waals surface area (Å²) in [5.41, 5.74) is 0.837. The Morgan fingerprint density at radius 3 is 2.53 bits per heavy atom. The first-order valence-electron chi connectivity index (χ1n) is 6.69. The normalized spacial score (nSPS) is 14.2. The van der Waals surface area contributed by atoms with Crippen molar-refractivity contribution in [3.05, 3.63) is 35.6 Å². The first-order valence-corrected chi connectivity index (χ1v) is 6.69. The Bertz CT molecular complexity index is 420. The number of rotatable bonds is 6. The summed E-state index contributed by atoms with van der Waals surface area (Å²) < 4.78 is 13.1. The molecule has 1 aromatic carbocycles. The van der Waals surface area contributed by atoms with Gasteiger partial charge in [-0.1, -0.05) is 26.0 Å². The summed E-state index contributed by atoms with van der Waals surface area (Å²) in [5, 5.41) is 6.04. The second-order valence-electron chi connectivity index (χ2n) is 5.30. The first-order chi connectivity index (χ1) is 8.90. The summed E-state index contributed by atoms with van der Waals surface area (Å²) in [6, 6.07) is 6.03. The lowest BCUT2D eigenvalue weighted by Crippen LogP contribution is -2.44. The van der Waals surface area contributed by atoms with Crippen LogP contribution in [-0.4, -0.2) is 18.5 Å². The molecule has 4 heteroatoms. The second-order valence-corrected chi connectivity index (χ2v) is 5.30. The van der Waals surface area contributed by atoms with Crippen LogP contribution < -0.4 is 10.6 Å². The van der Waals surface area contributed by atoms with Gasteiger partial charge in [-0.25, -0.2) is 4.39 Å². The third kappa shape index (κ3) is 5.39. The second kappa shape index (κ2) is 7.24. The third-order valence-corrected chi connectivity index (χ3v) is 2.93. The number of carbonyl (C=O) groups excluding carboxylic acids is 1. The topological polar surface area (TPSA) is 41.1 Å². The Balaban J connectivity index is 2.51. The molecule has 1 aromatic rings. The van der Waals surface area contributed by atoms with E-state index in [4.69, 9.17) is 0 Å². The molecular weight excluding hydrogens is 243 g/mol. The molecule has 0 fully saturated rings. The summed E-state index contributed by atoms with van der Waals surface area (Å²) in [4.78, 5) is 11.8. The number of hydrogen-bond acceptors (Lipinski definition) is 2. The van der Waals surface area contributed by atoms with E-state index in [0.29, 0.717) is 12.5 Å². The number of amides is 1. The largest absolute Gasteiger partial charge is 0.354 e. The van der Waals surface area contributed by atoms with Gasteiger partial charge in [0.15, 0.2) is 0 Å². The van der Waals surface area contributed by atoms with Gasteiger partial charge in [0.2, 0.25) is 5.91 Å². The molecule has 2 N–H and O–H groups in total. The van der Waals surface area contributed by atoms with Gasteiger partial charge in [0.25, 0.3) is 0 Å². The van der Waals surface area contributed by atoms with E-state index in [9.17, 15) is 9.18 Å². The maximum Gasteiger partial charge on any atom is 0.236 e. The summed E-state index contributed by atoms with van der Waals surface area (Å²) in [6.07, 6.45) is 0. The molecule has 0 aliphatic rings. The molecular formula is C15H23FN2O. The zero-order valence-corrected chi connectivity index (χ0v) is 12.0. The maximum absolute atomic E-state index is 13.1. The van der Waals surface area contributed by atoms with Crippen LogP contribution in [0, 0.1) is 11.7 Å². The highest BCUT2D eigenvalue weighted by Gasteiger charge is 2.16. The molecule has 3 nitrogen and oxygen atoms in total. The van der Waals surface area contributed by atoms with Crippen LogP contribution in [0.1, 0.15) is 39.3 Å². The Kier molecular flexibility index (Phi) is 5.96. The van der Waals surface area contributed by atoms with E-state index >= 15 is 0 Å². The van der Waals surface area contributed by atoms with Crippen LogP contribution in [0.5, 0.6) is 0 Å². The van der Waals surface area contributed by atoms with Crippen molar-refractivity contribution in [2.45, 2.75) is 39.8 Å². The quantitative estimate of drug-likeness (QED) is 0.831. The van der Waals surface area contributed by atoms with E-state index in [1.165, 1.54) is 12.1 Å². The fourth-order valence-electron chi connectivity index (χ4n) is 1.78. The minimum Gasteiger partial charge on any atom is -0.354 e. The lowest BCUT2D eigenvalue weighted by molar-refractivity contribution is -0.123. The van der Waals surface area contributed by atoms with Crippen LogP contribution >= 0.6 is 0 Å². The van der Waals surface area contributed by atoms with Crippen molar-refractivity contribution in [3.8, 4) is 0 Å². The van der Waals surface area contributed by atoms with Gasteiger partial charge in [0.1, 0.15) is 5.82 Å². The van der Waals surface area contributed by atoms with E-state index in [0.717, 1.165) is 5.56 Å². The van der Waals surface area contributed by atoms with E-state index in [2.05, 4.69) is 10.6 Å². The maximum atomic E-state index is 13.1. The highest BCUT2D eigenvalue weighted by molar-refractivity contribution is 5.81. The molecule has 19 heavy (non-hydrogen) atoms. The molecule has 1 amide bonds. The molecule has 2 atom stereocenters. The number of carbonyl (C=O) groups is 1. The van der Waals surface area contributed by atoms with Crippen molar-refractivity contribution in [1.82, 2.24) is 10.6 Å². The van der Waals surface area contributed by atoms with Crippen LogP contribution in [0.2, 0.25) is 0 Å². The molecule has 0 bridgehead atoms. The van der Waals surface area contributed by atoms with Gasteiger partial charge in [-0.15, -0.1) is 0 Å². The van der Waals surface area contributed by atoms with Crippen LogP contribution in [0.15, 0.2) is 24.3 Å². The van der Waals surface area contributed by atoms with Crippen molar-refractivity contribution in [3.63, 3.8) is 0 Å². The van der Waals surface area contributed by atoms with Crippen LogP contribution in [0.4, 0.5) is 4.39 Å². The predicted molar refractivity (Wildman–Crippen MR) is 75.3 cm³/mol. The molecule has 1 rings (SSSR count). The molecule has 0 aliphatic carbocycles. The number of benzene rings is 1. The SMILES string of the molecule is CC(C)CNC(=O)C(C)NC(C)c1cccc(F)c1. The minimum absolute atomic E-state index is 0.0306. The average molecular weight is 266 g/mol. The van der Waals surface area contributed by atoms with Crippen LogP contribution in [0.3, 0.4) is 0 Å². The molecule has 0 radical (unpaired) electrons. The Morgan fingerprint density at radius 1 is 1.26 bits per heavy atom. The molecule has 106 valence electrons. The van der Waals surface area contributed by atoms with Crippen molar-refractivity contribution in [2.24, 2.45) is 5.92 Å². The van der Waals surface area contributed by atoms with Crippen molar-refractivity contribution in [2.75, 3.05) is 6.54 Å². The molecule has 0 spiro atoms. The van der Waals surface area contributed by atoms with Gasteiger partial charge >= 0.3 is 0 Å². The zero-order valence-electron chi connectivity index (χ0n) is 12.0. The smallest absolute Gasteiger partial charge is 0.236 e. The number of nitrogens with one attached hydrogen (secondary N) is 2. The highest BCUT2D eigenvalue weighted by Crippen LogP contribution is 2.14. The van der Waals surface area contributed by atoms with E-state index in [1.807, 2.05) is 33.8 Å². The van der Waals surface area contributed by atoms with Gasteiger partial charge in [-0.2, -0.15) is 0 Å². The van der Waals surface area contributed by atoms with Crippen molar-refractivity contribution in [1.29, 1.82) is 0 Å². The molecule has 0 heterocycles. The Labute approximate surface area is 114 Å².